The van der Waals surface area contributed by atoms with Gasteiger partial charge in [-0.25, -0.2) is 4.98 Å². The summed E-state index contributed by atoms with van der Waals surface area (Å²) >= 11 is 1.59. The Labute approximate surface area is 135 Å². The number of thiazole rings is 1. The number of allylic oxidation sites excluding steroid dienone is 1. The molecule has 0 spiro atoms. The van der Waals surface area contributed by atoms with Crippen LogP contribution in [0.5, 0.6) is 0 Å². The van der Waals surface area contributed by atoms with Gasteiger partial charge in [-0.3, -0.25) is 0 Å². The molecule has 2 rings (SSSR count). The van der Waals surface area contributed by atoms with Crippen LogP contribution >= 0.6 is 11.3 Å². The molecule has 1 aromatic heterocycles. The van der Waals surface area contributed by atoms with Gasteiger partial charge in [0.15, 0.2) is 0 Å². The molecular weight excluding hydrogens is 292 g/mol. The van der Waals surface area contributed by atoms with Crippen LogP contribution in [0.1, 0.15) is 34.9 Å². The zero-order valence-electron chi connectivity index (χ0n) is 13.0. The van der Waals surface area contributed by atoms with Crippen LogP contribution in [0.2, 0.25) is 0 Å². The van der Waals surface area contributed by atoms with Gasteiger partial charge >= 0.3 is 0 Å². The van der Waals surface area contributed by atoms with Crippen LogP contribution in [0.15, 0.2) is 36.5 Å². The van der Waals surface area contributed by atoms with Crippen molar-refractivity contribution in [3.63, 3.8) is 0 Å². The number of nitrogens with one attached hydrogen (secondary N) is 1. The van der Waals surface area contributed by atoms with E-state index >= 15 is 0 Å². The van der Waals surface area contributed by atoms with Crippen LogP contribution in [0, 0.1) is 11.3 Å². The highest BCUT2D eigenvalue weighted by molar-refractivity contribution is 7.12. The first-order chi connectivity index (χ1) is 10.5. The van der Waals surface area contributed by atoms with Crippen LogP contribution in [-0.2, 0) is 13.0 Å². The number of aromatic nitrogens is 1. The van der Waals surface area contributed by atoms with Gasteiger partial charge in [0, 0.05) is 24.7 Å². The van der Waals surface area contributed by atoms with Crippen molar-refractivity contribution in [3.8, 4) is 0 Å². The van der Waals surface area contributed by atoms with Crippen molar-refractivity contribution in [2.24, 2.45) is 17.4 Å². The molecule has 0 bridgehead atoms. The number of nitrogens with zero attached hydrogens (tertiary/aromatic N) is 1. The standard InChI is InChI=1S/C17H22N4S/c1-11(2)7-17-21-10-16(22-17)15(20)8-14(19)13-6-4-3-5-12(13)9-18/h3-6,8,10-11,19H,7,9,18,20H2,1-2H3. The quantitative estimate of drug-likeness (QED) is 0.715. The maximum absolute atomic E-state index is 8.25. The number of nitrogens with two attached hydrogens (primary N) is 2. The normalized spacial score (nSPS) is 11.9. The zero-order valence-corrected chi connectivity index (χ0v) is 13.8. The Bertz CT molecular complexity index is 685. The second kappa shape index (κ2) is 7.33. The third kappa shape index (κ3) is 4.02. The van der Waals surface area contributed by atoms with E-state index < -0.39 is 0 Å². The van der Waals surface area contributed by atoms with Crippen molar-refractivity contribution in [1.82, 2.24) is 4.98 Å². The summed E-state index contributed by atoms with van der Waals surface area (Å²) < 4.78 is 0. The molecule has 0 aliphatic heterocycles. The van der Waals surface area contributed by atoms with Gasteiger partial charge in [-0.1, -0.05) is 38.1 Å². The average Bonchev–Trinajstić information content (AvgIpc) is 2.94. The molecular formula is C17H22N4S. The van der Waals surface area contributed by atoms with Crippen LogP contribution in [-0.4, -0.2) is 10.7 Å². The molecule has 1 heterocycles. The molecule has 2 aromatic rings. The Morgan fingerprint density at radius 2 is 2.09 bits per heavy atom. The van der Waals surface area contributed by atoms with Gasteiger partial charge in [-0.05, 0) is 17.6 Å². The maximum atomic E-state index is 8.25. The van der Waals surface area contributed by atoms with Crippen molar-refractivity contribution in [2.75, 3.05) is 0 Å². The second-order valence-corrected chi connectivity index (χ2v) is 6.71. The minimum absolute atomic E-state index is 0.373. The minimum atomic E-state index is 0.373. The lowest BCUT2D eigenvalue weighted by Gasteiger charge is -2.06. The third-order valence-electron chi connectivity index (χ3n) is 3.25. The van der Waals surface area contributed by atoms with Gasteiger partial charge in [-0.2, -0.15) is 0 Å². The summed E-state index contributed by atoms with van der Waals surface area (Å²) in [5.41, 5.74) is 14.6. The second-order valence-electron chi connectivity index (χ2n) is 5.59. The summed E-state index contributed by atoms with van der Waals surface area (Å²) in [5, 5.41) is 9.32. The van der Waals surface area contributed by atoms with Crippen molar-refractivity contribution in [2.45, 2.75) is 26.8 Å². The summed E-state index contributed by atoms with van der Waals surface area (Å²) in [5.74, 6) is 0.568. The van der Waals surface area contributed by atoms with Crippen LogP contribution in [0.25, 0.3) is 5.70 Å². The lowest BCUT2D eigenvalue weighted by Crippen LogP contribution is -2.07. The molecule has 1 aromatic carbocycles. The van der Waals surface area contributed by atoms with Crippen molar-refractivity contribution < 1.29 is 0 Å². The lowest BCUT2D eigenvalue weighted by atomic mass is 10.0. The van der Waals surface area contributed by atoms with Gasteiger partial charge in [0.2, 0.25) is 0 Å². The van der Waals surface area contributed by atoms with E-state index in [2.05, 4.69) is 18.8 Å². The van der Waals surface area contributed by atoms with Gasteiger partial charge in [0.1, 0.15) is 0 Å². The summed E-state index contributed by atoms with van der Waals surface area (Å²) in [6, 6.07) is 7.65. The first-order valence-corrected chi connectivity index (χ1v) is 8.12. The number of rotatable bonds is 6. The Morgan fingerprint density at radius 1 is 1.36 bits per heavy atom. The van der Waals surface area contributed by atoms with E-state index in [9.17, 15) is 0 Å². The Hall–Kier alpha value is -1.98. The fraction of sp³-hybridized carbons (Fsp3) is 0.294. The smallest absolute Gasteiger partial charge is 0.0934 e. The van der Waals surface area contributed by atoms with E-state index in [4.69, 9.17) is 16.9 Å². The first-order valence-electron chi connectivity index (χ1n) is 7.30. The average molecular weight is 314 g/mol. The summed E-state index contributed by atoms with van der Waals surface area (Å²) in [4.78, 5) is 5.31. The molecule has 4 nitrogen and oxygen atoms in total. The monoisotopic (exact) mass is 314 g/mol. The van der Waals surface area contributed by atoms with Crippen molar-refractivity contribution in [1.29, 1.82) is 5.41 Å². The highest BCUT2D eigenvalue weighted by Gasteiger charge is 2.09. The molecule has 0 aliphatic carbocycles. The van der Waals surface area contributed by atoms with E-state index in [1.807, 2.05) is 24.3 Å². The molecule has 22 heavy (non-hydrogen) atoms. The van der Waals surface area contributed by atoms with Gasteiger partial charge in [0.25, 0.3) is 0 Å². The SMILES string of the molecule is CC(C)Cc1ncc(C(N)=CC(=N)c2ccccc2CN)s1. The molecule has 0 radical (unpaired) electrons. The first kappa shape index (κ1) is 16.4. The fourth-order valence-electron chi connectivity index (χ4n) is 2.15. The number of benzene rings is 1. The highest BCUT2D eigenvalue weighted by atomic mass is 32.1. The lowest BCUT2D eigenvalue weighted by molar-refractivity contribution is 0.644. The van der Waals surface area contributed by atoms with Gasteiger partial charge in [0.05, 0.1) is 21.3 Å². The molecule has 0 atom stereocenters. The predicted molar refractivity (Wildman–Crippen MR) is 94.0 cm³/mol. The van der Waals surface area contributed by atoms with E-state index in [-0.39, 0.29) is 0 Å². The molecule has 0 aliphatic rings. The van der Waals surface area contributed by atoms with E-state index in [1.165, 1.54) is 0 Å². The Kier molecular flexibility index (Phi) is 5.46. The highest BCUT2D eigenvalue weighted by Crippen LogP contribution is 2.21. The molecule has 5 N–H and O–H groups in total. The largest absolute Gasteiger partial charge is 0.397 e. The van der Waals surface area contributed by atoms with E-state index in [0.29, 0.717) is 23.9 Å². The summed E-state index contributed by atoms with van der Waals surface area (Å²) in [7, 11) is 0. The molecule has 0 amide bonds. The predicted octanol–water partition coefficient (Wildman–Crippen LogP) is 3.17. The van der Waals surface area contributed by atoms with E-state index in [0.717, 1.165) is 27.4 Å². The molecule has 0 unspecified atom stereocenters. The summed E-state index contributed by atoms with van der Waals surface area (Å²) in [6.07, 6.45) is 4.42. The molecule has 0 saturated carbocycles. The molecule has 116 valence electrons. The Balaban J connectivity index is 2.21. The maximum Gasteiger partial charge on any atom is 0.0934 e. The molecule has 0 saturated heterocycles. The van der Waals surface area contributed by atoms with Gasteiger partial charge in [-0.15, -0.1) is 11.3 Å². The third-order valence-corrected chi connectivity index (χ3v) is 4.32. The molecule has 5 heteroatoms. The van der Waals surface area contributed by atoms with Gasteiger partial charge < -0.3 is 16.9 Å². The molecule has 0 fully saturated rings. The Morgan fingerprint density at radius 3 is 2.77 bits per heavy atom. The zero-order chi connectivity index (χ0) is 16.1. The van der Waals surface area contributed by atoms with Crippen LogP contribution in [0.4, 0.5) is 0 Å². The number of hydrogen-bond acceptors (Lipinski definition) is 5. The van der Waals surface area contributed by atoms with Crippen molar-refractivity contribution in [3.05, 3.63) is 57.6 Å². The summed E-state index contributed by atoms with van der Waals surface area (Å²) in [6.45, 7) is 4.74. The van der Waals surface area contributed by atoms with Crippen LogP contribution in [0.3, 0.4) is 0 Å². The number of hydrogen-bond donors (Lipinski definition) is 3. The fourth-order valence-corrected chi connectivity index (χ4v) is 3.21. The topological polar surface area (TPSA) is 88.8 Å². The van der Waals surface area contributed by atoms with Crippen LogP contribution < -0.4 is 11.5 Å². The minimum Gasteiger partial charge on any atom is -0.397 e. The van der Waals surface area contributed by atoms with Crippen molar-refractivity contribution >= 4 is 22.7 Å². The van der Waals surface area contributed by atoms with E-state index in [1.54, 1.807) is 23.6 Å².